The molecule has 0 aliphatic carbocycles. The molecule has 3 rings (SSSR count). The van der Waals surface area contributed by atoms with E-state index in [4.69, 9.17) is 4.74 Å². The molecule has 0 fully saturated rings. The van der Waals surface area contributed by atoms with E-state index < -0.39 is 0 Å². The number of nitrogens with zero attached hydrogens (tertiary/aromatic N) is 1. The predicted octanol–water partition coefficient (Wildman–Crippen LogP) is 5.43. The second-order valence-electron chi connectivity index (χ2n) is 6.79. The maximum absolute atomic E-state index is 13.0. The third-order valence-corrected chi connectivity index (χ3v) is 5.81. The van der Waals surface area contributed by atoms with E-state index >= 15 is 0 Å². The van der Waals surface area contributed by atoms with E-state index in [9.17, 15) is 9.59 Å². The maximum atomic E-state index is 13.0. The van der Waals surface area contributed by atoms with Crippen LogP contribution in [0.4, 0.5) is 5.69 Å². The molecule has 0 bridgehead atoms. The van der Waals surface area contributed by atoms with Gasteiger partial charge in [-0.3, -0.25) is 9.59 Å². The minimum Gasteiger partial charge on any atom is -0.492 e. The van der Waals surface area contributed by atoms with Crippen molar-refractivity contribution in [3.63, 3.8) is 0 Å². The van der Waals surface area contributed by atoms with Crippen LogP contribution >= 0.6 is 11.3 Å². The van der Waals surface area contributed by atoms with E-state index in [0.717, 1.165) is 16.0 Å². The number of amides is 2. The first-order valence-corrected chi connectivity index (χ1v) is 10.8. The van der Waals surface area contributed by atoms with Gasteiger partial charge in [-0.15, -0.1) is 11.3 Å². The fourth-order valence-electron chi connectivity index (χ4n) is 3.14. The highest BCUT2D eigenvalue weighted by Crippen LogP contribution is 2.36. The molecule has 3 aromatic rings. The van der Waals surface area contributed by atoms with Gasteiger partial charge in [0.2, 0.25) is 5.91 Å². The molecular weight excluding hydrogens is 396 g/mol. The second kappa shape index (κ2) is 10.1. The number of anilines is 1. The molecule has 2 aromatic carbocycles. The molecule has 0 spiro atoms. The minimum atomic E-state index is -0.207. The zero-order chi connectivity index (χ0) is 21.5. The lowest BCUT2D eigenvalue weighted by molar-refractivity contribution is -0.129. The summed E-state index contributed by atoms with van der Waals surface area (Å²) in [6.45, 7) is 7.05. The van der Waals surface area contributed by atoms with Crippen LogP contribution in [0.15, 0.2) is 60.7 Å². The Hall–Kier alpha value is -3.12. The van der Waals surface area contributed by atoms with Gasteiger partial charge in [0.15, 0.2) is 0 Å². The van der Waals surface area contributed by atoms with Crippen LogP contribution < -0.4 is 10.1 Å². The Bertz CT molecular complexity index is 1010. The van der Waals surface area contributed by atoms with E-state index in [1.807, 2.05) is 74.5 Å². The van der Waals surface area contributed by atoms with Crippen LogP contribution in [0.5, 0.6) is 5.75 Å². The van der Waals surface area contributed by atoms with Gasteiger partial charge >= 0.3 is 0 Å². The summed E-state index contributed by atoms with van der Waals surface area (Å²) in [4.78, 5) is 28.0. The van der Waals surface area contributed by atoms with Crippen LogP contribution in [0, 0.1) is 0 Å². The number of carbonyl (C=O) groups excluding carboxylic acids is 2. The Morgan fingerprint density at radius 2 is 1.80 bits per heavy atom. The molecule has 0 saturated heterocycles. The van der Waals surface area contributed by atoms with Crippen LogP contribution in [0.1, 0.15) is 36.0 Å². The lowest BCUT2D eigenvalue weighted by Gasteiger charge is -2.19. The number of rotatable bonds is 8. The molecule has 156 valence electrons. The summed E-state index contributed by atoms with van der Waals surface area (Å²) >= 11 is 1.41. The Morgan fingerprint density at radius 3 is 2.47 bits per heavy atom. The second-order valence-corrected chi connectivity index (χ2v) is 7.84. The summed E-state index contributed by atoms with van der Waals surface area (Å²) in [5.74, 6) is 0.408. The average Bonchev–Trinajstić information content (AvgIpc) is 3.17. The van der Waals surface area contributed by atoms with Crippen LogP contribution in [-0.4, -0.2) is 29.9 Å². The molecule has 6 heteroatoms. The zero-order valence-electron chi connectivity index (χ0n) is 17.5. The molecule has 1 N–H and O–H groups in total. The number of ether oxygens (including phenoxy) is 1. The molecule has 0 atom stereocenters. The van der Waals surface area contributed by atoms with Crippen molar-refractivity contribution in [3.05, 3.63) is 71.1 Å². The number of nitrogens with one attached hydrogen (secondary N) is 1. The molecule has 0 saturated carbocycles. The van der Waals surface area contributed by atoms with Gasteiger partial charge in [0.25, 0.3) is 5.91 Å². The lowest BCUT2D eigenvalue weighted by Crippen LogP contribution is -2.27. The van der Waals surface area contributed by atoms with Gasteiger partial charge in [-0.25, -0.2) is 0 Å². The highest BCUT2D eigenvalue weighted by molar-refractivity contribution is 7.17. The monoisotopic (exact) mass is 422 g/mol. The van der Waals surface area contributed by atoms with E-state index in [2.05, 4.69) is 5.32 Å². The zero-order valence-corrected chi connectivity index (χ0v) is 18.3. The number of carbonyl (C=O) groups is 2. The molecule has 5 nitrogen and oxygen atoms in total. The maximum Gasteiger partial charge on any atom is 0.269 e. The summed E-state index contributed by atoms with van der Waals surface area (Å²) in [6.07, 6.45) is 0. The van der Waals surface area contributed by atoms with E-state index in [1.165, 1.54) is 11.3 Å². The number of thiophene rings is 1. The van der Waals surface area contributed by atoms with E-state index in [1.54, 1.807) is 11.8 Å². The molecule has 0 aliphatic rings. The first kappa shape index (κ1) is 21.6. The molecule has 0 aliphatic heterocycles. The fourth-order valence-corrected chi connectivity index (χ4v) is 4.14. The molecule has 1 aromatic heterocycles. The van der Waals surface area contributed by atoms with Crippen LogP contribution in [0.3, 0.4) is 0 Å². The fraction of sp³-hybridized carbons (Fsp3) is 0.250. The average molecular weight is 423 g/mol. The summed E-state index contributed by atoms with van der Waals surface area (Å²) < 4.78 is 5.72. The highest BCUT2D eigenvalue weighted by atomic mass is 32.1. The molecule has 0 unspecified atom stereocenters. The smallest absolute Gasteiger partial charge is 0.269 e. The van der Waals surface area contributed by atoms with Crippen molar-refractivity contribution >= 4 is 28.8 Å². The first-order valence-electron chi connectivity index (χ1n) is 9.99. The third kappa shape index (κ3) is 5.27. The topological polar surface area (TPSA) is 58.6 Å². The van der Waals surface area contributed by atoms with Gasteiger partial charge in [0.05, 0.1) is 6.61 Å². The van der Waals surface area contributed by atoms with Gasteiger partial charge in [0, 0.05) is 30.6 Å². The molecule has 1 heterocycles. The summed E-state index contributed by atoms with van der Waals surface area (Å²) in [7, 11) is 0. The van der Waals surface area contributed by atoms with Crippen molar-refractivity contribution in [3.8, 4) is 16.2 Å². The molecular formula is C24H26N2O3S. The normalized spacial score (nSPS) is 10.5. The van der Waals surface area contributed by atoms with Gasteiger partial charge < -0.3 is 15.0 Å². The summed E-state index contributed by atoms with van der Waals surface area (Å²) in [5, 5.41) is 2.97. The van der Waals surface area contributed by atoms with Crippen LogP contribution in [0.25, 0.3) is 10.4 Å². The standard InChI is InChI=1S/C24H26N2O3S/c1-4-26(17(3)27)16-18-10-9-13-20(14-18)25-24(28)23-21(29-5-2)15-22(30-23)19-11-7-6-8-12-19/h6-15H,4-5,16H2,1-3H3,(H,25,28). The Kier molecular flexibility index (Phi) is 7.25. The summed E-state index contributed by atoms with van der Waals surface area (Å²) in [5.41, 5.74) is 2.70. The van der Waals surface area contributed by atoms with Crippen molar-refractivity contribution < 1.29 is 14.3 Å². The number of hydrogen-bond donors (Lipinski definition) is 1. The minimum absolute atomic E-state index is 0.0281. The van der Waals surface area contributed by atoms with Crippen molar-refractivity contribution in [1.29, 1.82) is 0 Å². The molecule has 30 heavy (non-hydrogen) atoms. The third-order valence-electron chi connectivity index (χ3n) is 4.65. The van der Waals surface area contributed by atoms with E-state index in [-0.39, 0.29) is 11.8 Å². The SMILES string of the molecule is CCOc1cc(-c2ccccc2)sc1C(=O)Nc1cccc(CN(CC)C(C)=O)c1. The Labute approximate surface area is 181 Å². The number of benzene rings is 2. The van der Waals surface area contributed by atoms with Crippen LogP contribution in [0.2, 0.25) is 0 Å². The quantitative estimate of drug-likeness (QED) is 0.526. The summed E-state index contributed by atoms with van der Waals surface area (Å²) in [6, 6.07) is 19.4. The largest absolute Gasteiger partial charge is 0.492 e. The number of hydrogen-bond acceptors (Lipinski definition) is 4. The lowest BCUT2D eigenvalue weighted by atomic mass is 10.2. The highest BCUT2D eigenvalue weighted by Gasteiger charge is 2.19. The van der Waals surface area contributed by atoms with Gasteiger partial charge in [-0.2, -0.15) is 0 Å². The van der Waals surface area contributed by atoms with Crippen molar-refractivity contribution in [2.45, 2.75) is 27.3 Å². The molecule has 2 amide bonds. The van der Waals surface area contributed by atoms with Crippen molar-refractivity contribution in [1.82, 2.24) is 4.90 Å². The first-order chi connectivity index (χ1) is 14.5. The van der Waals surface area contributed by atoms with E-state index in [0.29, 0.717) is 36.0 Å². The van der Waals surface area contributed by atoms with Crippen molar-refractivity contribution in [2.75, 3.05) is 18.5 Å². The Balaban J connectivity index is 1.81. The van der Waals surface area contributed by atoms with Gasteiger partial charge in [-0.05, 0) is 43.2 Å². The van der Waals surface area contributed by atoms with Crippen LogP contribution in [-0.2, 0) is 11.3 Å². The Morgan fingerprint density at radius 1 is 1.03 bits per heavy atom. The van der Waals surface area contributed by atoms with Gasteiger partial charge in [0.1, 0.15) is 10.6 Å². The predicted molar refractivity (Wildman–Crippen MR) is 122 cm³/mol. The van der Waals surface area contributed by atoms with Crippen molar-refractivity contribution in [2.24, 2.45) is 0 Å². The van der Waals surface area contributed by atoms with Gasteiger partial charge in [-0.1, -0.05) is 42.5 Å². The molecule has 0 radical (unpaired) electrons.